The molecule has 20 heavy (non-hydrogen) atoms. The number of hydrogen-bond donors (Lipinski definition) is 1. The molecule has 0 heterocycles. The van der Waals surface area contributed by atoms with Crippen molar-refractivity contribution >= 4 is 11.9 Å². The smallest absolute Gasteiger partial charge is 0.347 e. The van der Waals surface area contributed by atoms with Crippen LogP contribution in [0.3, 0.4) is 0 Å². The summed E-state index contributed by atoms with van der Waals surface area (Å²) in [6.07, 6.45) is 0. The molecule has 0 spiro atoms. The number of aromatic carboxylic acids is 1. The fourth-order valence-electron chi connectivity index (χ4n) is 1.70. The van der Waals surface area contributed by atoms with Crippen LogP contribution in [0.25, 0.3) is 0 Å². The van der Waals surface area contributed by atoms with Crippen molar-refractivity contribution in [2.45, 2.75) is 0 Å². The Hall–Kier alpha value is -2.82. The molecule has 1 N–H and O–H groups in total. The summed E-state index contributed by atoms with van der Waals surface area (Å²) in [6.45, 7) is 0. The number of esters is 1. The van der Waals surface area contributed by atoms with E-state index in [1.54, 1.807) is 36.4 Å². The Balaban J connectivity index is 2.31. The second-order valence-corrected chi connectivity index (χ2v) is 3.89. The Morgan fingerprint density at radius 1 is 0.900 bits per heavy atom. The van der Waals surface area contributed by atoms with Gasteiger partial charge < -0.3 is 14.6 Å². The molecule has 102 valence electrons. The van der Waals surface area contributed by atoms with E-state index in [9.17, 15) is 9.59 Å². The number of carbonyl (C=O) groups is 2. The van der Waals surface area contributed by atoms with Crippen LogP contribution in [0.1, 0.15) is 20.7 Å². The van der Waals surface area contributed by atoms with Gasteiger partial charge in [0.15, 0.2) is 0 Å². The van der Waals surface area contributed by atoms with Gasteiger partial charge in [0.1, 0.15) is 22.6 Å². The topological polar surface area (TPSA) is 72.8 Å². The van der Waals surface area contributed by atoms with E-state index in [2.05, 4.69) is 0 Å². The van der Waals surface area contributed by atoms with Gasteiger partial charge in [-0.15, -0.1) is 0 Å². The van der Waals surface area contributed by atoms with Gasteiger partial charge in [-0.3, -0.25) is 0 Å². The van der Waals surface area contributed by atoms with E-state index < -0.39 is 11.9 Å². The SMILES string of the molecule is COc1ccccc1C(=O)Oc1ccccc1C(=O)O. The highest BCUT2D eigenvalue weighted by molar-refractivity contribution is 5.96. The van der Waals surface area contributed by atoms with Crippen LogP contribution in [0, 0.1) is 0 Å². The molecule has 0 bridgehead atoms. The molecule has 5 nitrogen and oxygen atoms in total. The summed E-state index contributed by atoms with van der Waals surface area (Å²) in [6, 6.07) is 12.5. The molecular weight excluding hydrogens is 260 g/mol. The van der Waals surface area contributed by atoms with E-state index in [1.165, 1.54) is 19.2 Å². The fourth-order valence-corrected chi connectivity index (χ4v) is 1.70. The van der Waals surface area contributed by atoms with Gasteiger partial charge >= 0.3 is 11.9 Å². The van der Waals surface area contributed by atoms with Gasteiger partial charge in [-0.25, -0.2) is 9.59 Å². The van der Waals surface area contributed by atoms with Crippen molar-refractivity contribution in [3.05, 3.63) is 59.7 Å². The summed E-state index contributed by atoms with van der Waals surface area (Å²) in [5.74, 6) is -1.47. The molecule has 2 aromatic rings. The molecule has 2 rings (SSSR count). The first-order valence-corrected chi connectivity index (χ1v) is 5.81. The highest BCUT2D eigenvalue weighted by Crippen LogP contribution is 2.23. The normalized spacial score (nSPS) is 9.85. The molecule has 0 aliphatic rings. The van der Waals surface area contributed by atoms with Gasteiger partial charge in [0.25, 0.3) is 0 Å². The summed E-state index contributed by atoms with van der Waals surface area (Å²) >= 11 is 0. The molecule has 0 fully saturated rings. The number of carbonyl (C=O) groups excluding carboxylic acids is 1. The third-order valence-corrected chi connectivity index (χ3v) is 2.65. The van der Waals surface area contributed by atoms with Gasteiger partial charge in [-0.05, 0) is 24.3 Å². The van der Waals surface area contributed by atoms with Crippen LogP contribution < -0.4 is 9.47 Å². The molecule has 2 aromatic carbocycles. The number of para-hydroxylation sites is 2. The molecule has 0 saturated carbocycles. The van der Waals surface area contributed by atoms with Crippen molar-refractivity contribution in [3.8, 4) is 11.5 Å². The van der Waals surface area contributed by atoms with Gasteiger partial charge in [0, 0.05) is 0 Å². The van der Waals surface area contributed by atoms with Crippen molar-refractivity contribution in [2.24, 2.45) is 0 Å². The molecule has 0 atom stereocenters. The number of methoxy groups -OCH3 is 1. The van der Waals surface area contributed by atoms with Crippen molar-refractivity contribution in [1.29, 1.82) is 0 Å². The Kier molecular flexibility index (Phi) is 4.00. The number of hydrogen-bond acceptors (Lipinski definition) is 4. The van der Waals surface area contributed by atoms with Gasteiger partial charge in [0.05, 0.1) is 7.11 Å². The van der Waals surface area contributed by atoms with Crippen LogP contribution >= 0.6 is 0 Å². The maximum atomic E-state index is 12.1. The molecule has 0 saturated heterocycles. The highest BCUT2D eigenvalue weighted by atomic mass is 16.5. The first-order valence-electron chi connectivity index (χ1n) is 5.81. The lowest BCUT2D eigenvalue weighted by molar-refractivity contribution is 0.0681. The Bertz CT molecular complexity index is 648. The molecule has 5 heteroatoms. The Morgan fingerprint density at radius 2 is 1.45 bits per heavy atom. The minimum absolute atomic E-state index is 0.00379. The standard InChI is InChI=1S/C15H12O5/c1-19-12-8-4-3-7-11(12)15(18)20-13-9-5-2-6-10(13)14(16)17/h2-9H,1H3,(H,16,17). The minimum Gasteiger partial charge on any atom is -0.496 e. The van der Waals surface area contributed by atoms with E-state index in [4.69, 9.17) is 14.6 Å². The third-order valence-electron chi connectivity index (χ3n) is 2.65. The molecule has 0 aliphatic carbocycles. The number of benzene rings is 2. The zero-order valence-corrected chi connectivity index (χ0v) is 10.7. The monoisotopic (exact) mass is 272 g/mol. The van der Waals surface area contributed by atoms with Gasteiger partial charge in [-0.2, -0.15) is 0 Å². The number of carboxylic acid groups (broad SMARTS) is 1. The fraction of sp³-hybridized carbons (Fsp3) is 0.0667. The molecule has 0 amide bonds. The second kappa shape index (κ2) is 5.88. The summed E-state index contributed by atoms with van der Waals surface area (Å²) < 4.78 is 10.2. The first kappa shape index (κ1) is 13.6. The van der Waals surface area contributed by atoms with Crippen LogP contribution in [-0.4, -0.2) is 24.2 Å². The molecule has 0 aromatic heterocycles. The molecule has 0 radical (unpaired) electrons. The van der Waals surface area contributed by atoms with Crippen molar-refractivity contribution in [1.82, 2.24) is 0 Å². The summed E-state index contributed by atoms with van der Waals surface area (Å²) in [7, 11) is 1.44. The van der Waals surface area contributed by atoms with Crippen LogP contribution in [0.2, 0.25) is 0 Å². The van der Waals surface area contributed by atoms with Gasteiger partial charge in [-0.1, -0.05) is 24.3 Å². The summed E-state index contributed by atoms with van der Waals surface area (Å²) in [5.41, 5.74) is 0.158. The van der Waals surface area contributed by atoms with Crippen LogP contribution in [0.4, 0.5) is 0 Å². The lowest BCUT2D eigenvalue weighted by Crippen LogP contribution is -2.12. The average molecular weight is 272 g/mol. The van der Waals surface area contributed by atoms with Crippen molar-refractivity contribution < 1.29 is 24.2 Å². The van der Waals surface area contributed by atoms with Crippen LogP contribution in [-0.2, 0) is 0 Å². The first-order chi connectivity index (χ1) is 9.63. The zero-order chi connectivity index (χ0) is 14.5. The average Bonchev–Trinajstić information content (AvgIpc) is 2.47. The van der Waals surface area contributed by atoms with E-state index in [1.807, 2.05) is 0 Å². The number of carboxylic acids is 1. The van der Waals surface area contributed by atoms with Crippen molar-refractivity contribution in [3.63, 3.8) is 0 Å². The number of ether oxygens (including phenoxy) is 2. The minimum atomic E-state index is -1.16. The predicted molar refractivity (Wildman–Crippen MR) is 71.4 cm³/mol. The lowest BCUT2D eigenvalue weighted by atomic mass is 10.2. The van der Waals surface area contributed by atoms with E-state index in [0.29, 0.717) is 5.75 Å². The van der Waals surface area contributed by atoms with Crippen LogP contribution in [0.15, 0.2) is 48.5 Å². The highest BCUT2D eigenvalue weighted by Gasteiger charge is 2.17. The van der Waals surface area contributed by atoms with E-state index >= 15 is 0 Å². The quantitative estimate of drug-likeness (QED) is 0.684. The van der Waals surface area contributed by atoms with E-state index in [-0.39, 0.29) is 16.9 Å². The predicted octanol–water partition coefficient (Wildman–Crippen LogP) is 2.61. The lowest BCUT2D eigenvalue weighted by Gasteiger charge is -2.09. The molecule has 0 unspecified atom stereocenters. The Labute approximate surface area is 115 Å². The Morgan fingerprint density at radius 3 is 2.05 bits per heavy atom. The van der Waals surface area contributed by atoms with Gasteiger partial charge in [0.2, 0.25) is 0 Å². The van der Waals surface area contributed by atoms with E-state index in [0.717, 1.165) is 0 Å². The number of rotatable bonds is 4. The maximum absolute atomic E-state index is 12.1. The maximum Gasteiger partial charge on any atom is 0.347 e. The largest absolute Gasteiger partial charge is 0.496 e. The summed E-state index contributed by atoms with van der Waals surface area (Å²) in [4.78, 5) is 23.1. The summed E-state index contributed by atoms with van der Waals surface area (Å²) in [5, 5.41) is 9.03. The molecular formula is C15H12O5. The third kappa shape index (κ3) is 2.77. The zero-order valence-electron chi connectivity index (χ0n) is 10.7. The van der Waals surface area contributed by atoms with Crippen LogP contribution in [0.5, 0.6) is 11.5 Å². The van der Waals surface area contributed by atoms with Crippen molar-refractivity contribution in [2.75, 3.05) is 7.11 Å². The molecule has 0 aliphatic heterocycles. The second-order valence-electron chi connectivity index (χ2n) is 3.89.